The Morgan fingerprint density at radius 3 is 2.41 bits per heavy atom. The summed E-state index contributed by atoms with van der Waals surface area (Å²) in [5, 5.41) is 18.5. The molecule has 1 unspecified atom stereocenters. The molecular weight excluding hydrogens is 471 g/mol. The van der Waals surface area contributed by atoms with Gasteiger partial charge in [-0.15, -0.1) is 11.8 Å². The summed E-state index contributed by atoms with van der Waals surface area (Å²) >= 11 is 1.66. The van der Waals surface area contributed by atoms with Crippen LogP contribution in [0, 0.1) is 11.3 Å². The Labute approximate surface area is 201 Å². The van der Waals surface area contributed by atoms with Gasteiger partial charge >= 0.3 is 12.1 Å². The quantitative estimate of drug-likeness (QED) is 0.550. The zero-order valence-electron chi connectivity index (χ0n) is 19.0. The fourth-order valence-electron chi connectivity index (χ4n) is 3.78. The van der Waals surface area contributed by atoms with Gasteiger partial charge in [-0.1, -0.05) is 37.3 Å². The number of likely N-dealkylation sites (tertiary alicyclic amines) is 1. The third-order valence-electron chi connectivity index (χ3n) is 5.51. The second-order valence-corrected chi connectivity index (χ2v) is 8.94. The van der Waals surface area contributed by atoms with Crippen molar-refractivity contribution >= 4 is 23.6 Å². The van der Waals surface area contributed by atoms with Crippen LogP contribution in [-0.4, -0.2) is 87.9 Å². The number of amides is 1. The van der Waals surface area contributed by atoms with Crippen LogP contribution in [0.25, 0.3) is 0 Å². The number of aliphatic carboxylic acids is 1. The van der Waals surface area contributed by atoms with E-state index in [9.17, 15) is 23.2 Å². The number of alkyl halides is 3. The van der Waals surface area contributed by atoms with Gasteiger partial charge in [-0.3, -0.25) is 15.1 Å². The number of thioether (sulfide) groups is 1. The molecule has 2 heterocycles. The highest BCUT2D eigenvalue weighted by atomic mass is 32.2. The molecule has 0 saturated carbocycles. The lowest BCUT2D eigenvalue weighted by Crippen LogP contribution is -2.54. The summed E-state index contributed by atoms with van der Waals surface area (Å²) in [6, 6.07) is 12.9. The predicted octanol–water partition coefficient (Wildman–Crippen LogP) is 2.54. The number of piperidine rings is 1. The number of halogens is 3. The highest BCUT2D eigenvalue weighted by molar-refractivity contribution is 7.99. The number of nitriles is 1. The molecule has 12 heteroatoms. The third kappa shape index (κ3) is 8.79. The first-order chi connectivity index (χ1) is 16.2. The van der Waals surface area contributed by atoms with Crippen molar-refractivity contribution in [3.05, 3.63) is 35.9 Å². The van der Waals surface area contributed by atoms with E-state index in [2.05, 4.69) is 58.7 Å². The lowest BCUT2D eigenvalue weighted by atomic mass is 10.0. The van der Waals surface area contributed by atoms with Gasteiger partial charge in [0, 0.05) is 38.0 Å². The summed E-state index contributed by atoms with van der Waals surface area (Å²) in [7, 11) is 0. The molecular formula is C22H30F3N5O3S. The van der Waals surface area contributed by atoms with Gasteiger partial charge in [0.05, 0.1) is 18.5 Å². The first kappa shape index (κ1) is 27.9. The Morgan fingerprint density at radius 1 is 1.26 bits per heavy atom. The number of carbonyl (C=O) groups is 2. The number of hydrogen-bond donors (Lipinski definition) is 2. The van der Waals surface area contributed by atoms with Crippen molar-refractivity contribution in [3.63, 3.8) is 0 Å². The van der Waals surface area contributed by atoms with Gasteiger partial charge in [0.1, 0.15) is 6.04 Å². The molecule has 0 aliphatic carbocycles. The second-order valence-electron chi connectivity index (χ2n) is 7.94. The summed E-state index contributed by atoms with van der Waals surface area (Å²) in [6.07, 6.45) is -2.99. The molecule has 2 N–H and O–H groups in total. The van der Waals surface area contributed by atoms with Crippen LogP contribution in [-0.2, 0) is 16.1 Å². The maximum atomic E-state index is 12.7. The molecule has 3 rings (SSSR count). The molecule has 0 bridgehead atoms. The molecule has 2 aliphatic heterocycles. The Hall–Kier alpha value is -2.33. The summed E-state index contributed by atoms with van der Waals surface area (Å²) in [4.78, 5) is 25.8. The molecule has 2 saturated heterocycles. The number of nitrogens with zero attached hydrogens (tertiary/aromatic N) is 4. The van der Waals surface area contributed by atoms with Crippen LogP contribution in [0.1, 0.15) is 25.3 Å². The maximum absolute atomic E-state index is 12.7. The third-order valence-corrected chi connectivity index (χ3v) is 6.52. The average molecular weight is 502 g/mol. The monoisotopic (exact) mass is 501 g/mol. The number of rotatable bonds is 7. The minimum Gasteiger partial charge on any atom is -0.475 e. The average Bonchev–Trinajstić information content (AvgIpc) is 3.29. The summed E-state index contributed by atoms with van der Waals surface area (Å²) < 4.78 is 31.7. The van der Waals surface area contributed by atoms with E-state index in [0.717, 1.165) is 44.8 Å². The first-order valence-electron chi connectivity index (χ1n) is 11.0. The lowest BCUT2D eigenvalue weighted by Gasteiger charge is -2.38. The number of hydrogen-bond acceptors (Lipinski definition) is 7. The molecule has 1 aromatic rings. The largest absolute Gasteiger partial charge is 0.490 e. The van der Waals surface area contributed by atoms with Crippen molar-refractivity contribution < 1.29 is 27.9 Å². The summed E-state index contributed by atoms with van der Waals surface area (Å²) in [5.41, 5.74) is 4.73. The van der Waals surface area contributed by atoms with Gasteiger partial charge in [-0.25, -0.2) is 9.80 Å². The van der Waals surface area contributed by atoms with Gasteiger partial charge in [0.25, 0.3) is 0 Å². The maximum Gasteiger partial charge on any atom is 0.490 e. The topological polar surface area (TPSA) is 99.9 Å². The molecule has 1 amide bonds. The number of carboxylic acid groups (broad SMARTS) is 1. The van der Waals surface area contributed by atoms with Crippen LogP contribution in [0.2, 0.25) is 0 Å². The number of hydrazine groups is 1. The fraction of sp³-hybridized carbons (Fsp3) is 0.591. The van der Waals surface area contributed by atoms with E-state index in [1.807, 2.05) is 0 Å². The minimum absolute atomic E-state index is 0.0548. The van der Waals surface area contributed by atoms with Gasteiger partial charge in [-0.2, -0.15) is 18.4 Å². The van der Waals surface area contributed by atoms with Crippen molar-refractivity contribution in [2.24, 2.45) is 0 Å². The van der Waals surface area contributed by atoms with Crippen molar-refractivity contribution in [2.45, 2.75) is 44.6 Å². The van der Waals surface area contributed by atoms with Crippen molar-refractivity contribution in [3.8, 4) is 6.07 Å². The van der Waals surface area contributed by atoms with Crippen molar-refractivity contribution in [1.29, 1.82) is 5.26 Å². The standard InChI is InChI=1S/C20H29N5OS.C2HF3O2/c1-2-22-25(14-20(26)24-16-27-15-19(24)12-21)18-8-10-23(11-9-18)13-17-6-4-3-5-7-17;3-2(4,5)1(6)7/h3-7,18-19,22H,2,8-11,13-16H2,1H3;(H,6,7). The van der Waals surface area contributed by atoms with Crippen LogP contribution < -0.4 is 5.43 Å². The Bertz CT molecular complexity index is 829. The lowest BCUT2D eigenvalue weighted by molar-refractivity contribution is -0.192. The zero-order valence-corrected chi connectivity index (χ0v) is 19.8. The minimum atomic E-state index is -5.08. The second kappa shape index (κ2) is 13.5. The van der Waals surface area contributed by atoms with E-state index in [1.54, 1.807) is 16.7 Å². The van der Waals surface area contributed by atoms with E-state index in [4.69, 9.17) is 9.90 Å². The normalized spacial score (nSPS) is 19.4. The molecule has 0 spiro atoms. The number of benzene rings is 1. The Kier molecular flexibility index (Phi) is 11.1. The van der Waals surface area contributed by atoms with E-state index in [-0.39, 0.29) is 11.9 Å². The molecule has 188 valence electrons. The zero-order chi connectivity index (χ0) is 25.1. The van der Waals surface area contributed by atoms with E-state index < -0.39 is 12.1 Å². The van der Waals surface area contributed by atoms with Crippen LogP contribution in [0.3, 0.4) is 0 Å². The van der Waals surface area contributed by atoms with E-state index in [1.165, 1.54) is 5.56 Å². The number of nitrogens with one attached hydrogen (secondary N) is 1. The summed E-state index contributed by atoms with van der Waals surface area (Å²) in [5.74, 6) is -1.35. The molecule has 1 aromatic carbocycles. The predicted molar refractivity (Wildman–Crippen MR) is 122 cm³/mol. The molecule has 8 nitrogen and oxygen atoms in total. The molecule has 0 radical (unpaired) electrons. The van der Waals surface area contributed by atoms with Gasteiger partial charge in [-0.05, 0) is 18.4 Å². The highest BCUT2D eigenvalue weighted by Gasteiger charge is 2.38. The molecule has 34 heavy (non-hydrogen) atoms. The Morgan fingerprint density at radius 2 is 1.88 bits per heavy atom. The molecule has 2 aliphatic rings. The number of carbonyl (C=O) groups excluding carboxylic acids is 1. The fourth-order valence-corrected chi connectivity index (χ4v) is 4.88. The van der Waals surface area contributed by atoms with Gasteiger partial charge < -0.3 is 10.0 Å². The van der Waals surface area contributed by atoms with Crippen molar-refractivity contribution in [2.75, 3.05) is 37.8 Å². The van der Waals surface area contributed by atoms with Crippen LogP contribution >= 0.6 is 11.8 Å². The highest BCUT2D eigenvalue weighted by Crippen LogP contribution is 2.22. The molecule has 1 atom stereocenters. The number of carboxylic acids is 1. The summed E-state index contributed by atoms with van der Waals surface area (Å²) in [6.45, 7) is 6.27. The van der Waals surface area contributed by atoms with Gasteiger partial charge in [0.15, 0.2) is 0 Å². The van der Waals surface area contributed by atoms with Crippen molar-refractivity contribution in [1.82, 2.24) is 20.2 Å². The SMILES string of the molecule is CCNN(CC(=O)N1CSCC1C#N)C1CCN(Cc2ccccc2)CC1.O=C(O)C(F)(F)F. The van der Waals surface area contributed by atoms with Crippen LogP contribution in [0.5, 0.6) is 0 Å². The van der Waals surface area contributed by atoms with Crippen LogP contribution in [0.4, 0.5) is 13.2 Å². The first-order valence-corrected chi connectivity index (χ1v) is 12.1. The molecule has 0 aromatic heterocycles. The Balaban J connectivity index is 0.000000509. The van der Waals surface area contributed by atoms with Gasteiger partial charge in [0.2, 0.25) is 5.91 Å². The van der Waals surface area contributed by atoms with Crippen LogP contribution in [0.15, 0.2) is 30.3 Å². The van der Waals surface area contributed by atoms with E-state index in [0.29, 0.717) is 18.5 Å². The molecule has 2 fully saturated rings. The van der Waals surface area contributed by atoms with E-state index >= 15 is 0 Å². The smallest absolute Gasteiger partial charge is 0.475 e.